The van der Waals surface area contributed by atoms with Crippen molar-refractivity contribution in [3.8, 4) is 28.0 Å². The highest BCUT2D eigenvalue weighted by molar-refractivity contribution is 8.14. The second-order valence-corrected chi connectivity index (χ2v) is 11.3. The summed E-state index contributed by atoms with van der Waals surface area (Å²) in [5.74, 6) is 0.709. The topological polar surface area (TPSA) is 90.2 Å². The SMILES string of the molecule is O=C1SCC(c2ccc(-c3ccc(C4CC(O)CC(CO)O4)cc3)cc2O)N1c1ccc(-c2ccccc2)cc1. The van der Waals surface area contributed by atoms with Crippen molar-refractivity contribution in [2.75, 3.05) is 17.3 Å². The van der Waals surface area contributed by atoms with Crippen LogP contribution in [0.15, 0.2) is 97.1 Å². The Morgan fingerprint density at radius 1 is 0.825 bits per heavy atom. The highest BCUT2D eigenvalue weighted by Gasteiger charge is 2.36. The summed E-state index contributed by atoms with van der Waals surface area (Å²) in [6, 6.07) is 31.3. The summed E-state index contributed by atoms with van der Waals surface area (Å²) in [5.41, 5.74) is 6.46. The molecule has 6 nitrogen and oxygen atoms in total. The molecular weight excluding hydrogens is 522 g/mol. The maximum absolute atomic E-state index is 12.9. The average molecular weight is 554 g/mol. The number of nitrogens with zero attached hydrogens (tertiary/aromatic N) is 1. The molecule has 7 heteroatoms. The first-order chi connectivity index (χ1) is 19.5. The van der Waals surface area contributed by atoms with Gasteiger partial charge in [-0.15, -0.1) is 0 Å². The van der Waals surface area contributed by atoms with Crippen LogP contribution >= 0.6 is 11.8 Å². The molecule has 0 bridgehead atoms. The van der Waals surface area contributed by atoms with Crippen molar-refractivity contribution in [2.45, 2.75) is 37.2 Å². The Morgan fingerprint density at radius 3 is 2.17 bits per heavy atom. The molecule has 2 heterocycles. The van der Waals surface area contributed by atoms with Crippen LogP contribution in [-0.2, 0) is 4.74 Å². The summed E-state index contributed by atoms with van der Waals surface area (Å²) in [5, 5.41) is 30.7. The van der Waals surface area contributed by atoms with Crippen LogP contribution in [-0.4, -0.2) is 45.1 Å². The van der Waals surface area contributed by atoms with Gasteiger partial charge in [-0.2, -0.15) is 0 Å². The largest absolute Gasteiger partial charge is 0.508 e. The number of thioether (sulfide) groups is 1. The Bertz CT molecular complexity index is 1480. The molecule has 0 radical (unpaired) electrons. The van der Waals surface area contributed by atoms with E-state index in [1.807, 2.05) is 78.9 Å². The molecule has 4 atom stereocenters. The molecule has 0 aliphatic carbocycles. The molecular formula is C33H31NO5S. The third-order valence-electron chi connectivity index (χ3n) is 7.71. The Morgan fingerprint density at radius 2 is 1.48 bits per heavy atom. The van der Waals surface area contributed by atoms with Gasteiger partial charge in [0.2, 0.25) is 0 Å². The summed E-state index contributed by atoms with van der Waals surface area (Å²) in [6.07, 6.45) is -0.189. The minimum absolute atomic E-state index is 0.0324. The lowest BCUT2D eigenvalue weighted by Crippen LogP contribution is -2.33. The van der Waals surface area contributed by atoms with Crippen molar-refractivity contribution in [3.05, 3.63) is 108 Å². The van der Waals surface area contributed by atoms with Crippen molar-refractivity contribution < 1.29 is 24.9 Å². The highest BCUT2D eigenvalue weighted by atomic mass is 32.2. The first-order valence-corrected chi connectivity index (χ1v) is 14.5. The van der Waals surface area contributed by atoms with E-state index in [2.05, 4.69) is 12.1 Å². The van der Waals surface area contributed by atoms with Gasteiger partial charge in [0.15, 0.2) is 0 Å². The molecule has 2 fully saturated rings. The molecule has 2 saturated heterocycles. The number of amides is 1. The standard InChI is InChI=1S/C33H31NO5S/c35-19-28-17-27(36)18-32(39-28)24-8-6-23(7-9-24)25-12-15-29(31(37)16-25)30-20-40-33(38)34(30)26-13-10-22(11-14-26)21-4-2-1-3-5-21/h1-16,27-28,30,32,35-37H,17-20H2. The smallest absolute Gasteiger partial charge is 0.286 e. The third-order valence-corrected chi connectivity index (χ3v) is 8.64. The fourth-order valence-electron chi connectivity index (χ4n) is 5.60. The van der Waals surface area contributed by atoms with Gasteiger partial charge in [-0.1, -0.05) is 90.6 Å². The van der Waals surface area contributed by atoms with E-state index in [0.29, 0.717) is 24.2 Å². The zero-order valence-electron chi connectivity index (χ0n) is 21.9. The summed E-state index contributed by atoms with van der Waals surface area (Å²) in [6.45, 7) is -0.112. The molecule has 0 saturated carbocycles. The minimum atomic E-state index is -0.498. The lowest BCUT2D eigenvalue weighted by Gasteiger charge is -2.32. The van der Waals surface area contributed by atoms with E-state index in [-0.39, 0.29) is 35.8 Å². The number of hydrogen-bond acceptors (Lipinski definition) is 6. The minimum Gasteiger partial charge on any atom is -0.508 e. The number of ether oxygens (including phenoxy) is 1. The fourth-order valence-corrected chi connectivity index (χ4v) is 6.60. The van der Waals surface area contributed by atoms with Crippen LogP contribution in [0.1, 0.15) is 36.1 Å². The third kappa shape index (κ3) is 5.38. The number of aliphatic hydroxyl groups excluding tert-OH is 2. The van der Waals surface area contributed by atoms with Gasteiger partial charge in [0.05, 0.1) is 31.0 Å². The molecule has 4 aromatic rings. The molecule has 0 spiro atoms. The molecule has 4 unspecified atom stereocenters. The van der Waals surface area contributed by atoms with Crippen molar-refractivity contribution in [1.82, 2.24) is 0 Å². The maximum atomic E-state index is 12.9. The van der Waals surface area contributed by atoms with E-state index >= 15 is 0 Å². The number of carbonyl (C=O) groups excluding carboxylic acids is 1. The van der Waals surface area contributed by atoms with Gasteiger partial charge in [-0.05, 0) is 46.0 Å². The van der Waals surface area contributed by atoms with Gasteiger partial charge in [0.1, 0.15) is 5.75 Å². The molecule has 3 N–H and O–H groups in total. The van der Waals surface area contributed by atoms with Gasteiger partial charge in [-0.3, -0.25) is 9.69 Å². The zero-order chi connectivity index (χ0) is 27.6. The van der Waals surface area contributed by atoms with E-state index in [4.69, 9.17) is 4.74 Å². The van der Waals surface area contributed by atoms with Crippen LogP contribution in [0.5, 0.6) is 5.75 Å². The Labute approximate surface area is 237 Å². The summed E-state index contributed by atoms with van der Waals surface area (Å²) in [4.78, 5) is 14.7. The van der Waals surface area contributed by atoms with Crippen molar-refractivity contribution in [1.29, 1.82) is 0 Å². The summed E-state index contributed by atoms with van der Waals surface area (Å²) < 4.78 is 5.93. The monoisotopic (exact) mass is 553 g/mol. The van der Waals surface area contributed by atoms with E-state index in [0.717, 1.165) is 33.5 Å². The predicted molar refractivity (Wildman–Crippen MR) is 158 cm³/mol. The van der Waals surface area contributed by atoms with Gasteiger partial charge in [-0.25, -0.2) is 0 Å². The van der Waals surface area contributed by atoms with Crippen molar-refractivity contribution >= 4 is 22.7 Å². The number of phenols is 1. The number of anilines is 1. The molecule has 2 aliphatic rings. The molecule has 204 valence electrons. The second-order valence-electron chi connectivity index (χ2n) is 10.3. The lowest BCUT2D eigenvalue weighted by atomic mass is 9.94. The van der Waals surface area contributed by atoms with Gasteiger partial charge in [0, 0.05) is 29.8 Å². The van der Waals surface area contributed by atoms with E-state index in [1.54, 1.807) is 11.0 Å². The van der Waals surface area contributed by atoms with Crippen LogP contribution in [0.3, 0.4) is 0 Å². The number of rotatable bonds is 6. The quantitative estimate of drug-likeness (QED) is 0.246. The Kier molecular flexibility index (Phi) is 7.63. The summed E-state index contributed by atoms with van der Waals surface area (Å²) >= 11 is 1.26. The molecule has 6 rings (SSSR count). The summed E-state index contributed by atoms with van der Waals surface area (Å²) in [7, 11) is 0. The molecule has 4 aromatic carbocycles. The van der Waals surface area contributed by atoms with E-state index in [9.17, 15) is 20.1 Å². The van der Waals surface area contributed by atoms with E-state index in [1.165, 1.54) is 11.8 Å². The Balaban J connectivity index is 1.21. The Hall–Kier alpha value is -3.62. The van der Waals surface area contributed by atoms with Crippen LogP contribution in [0.2, 0.25) is 0 Å². The number of carbonyl (C=O) groups is 1. The molecule has 1 amide bonds. The molecule has 2 aliphatic heterocycles. The molecule has 0 aromatic heterocycles. The number of aliphatic hydroxyl groups is 2. The van der Waals surface area contributed by atoms with Gasteiger partial charge in [0.25, 0.3) is 5.24 Å². The first kappa shape index (κ1) is 26.6. The van der Waals surface area contributed by atoms with Gasteiger partial charge >= 0.3 is 0 Å². The maximum Gasteiger partial charge on any atom is 0.286 e. The average Bonchev–Trinajstić information content (AvgIpc) is 3.38. The van der Waals surface area contributed by atoms with Crippen LogP contribution in [0.4, 0.5) is 10.5 Å². The predicted octanol–water partition coefficient (Wildman–Crippen LogP) is 6.71. The van der Waals surface area contributed by atoms with Crippen LogP contribution < -0.4 is 4.90 Å². The fraction of sp³-hybridized carbons (Fsp3) is 0.242. The number of phenolic OH excluding ortho intramolecular Hbond substituents is 1. The number of hydrogen-bond donors (Lipinski definition) is 3. The van der Waals surface area contributed by atoms with Gasteiger partial charge < -0.3 is 20.1 Å². The van der Waals surface area contributed by atoms with E-state index < -0.39 is 6.10 Å². The van der Waals surface area contributed by atoms with Crippen molar-refractivity contribution in [2.24, 2.45) is 0 Å². The number of aromatic hydroxyl groups is 1. The van der Waals surface area contributed by atoms with Crippen LogP contribution in [0, 0.1) is 0 Å². The van der Waals surface area contributed by atoms with Crippen LogP contribution in [0.25, 0.3) is 22.3 Å². The molecule has 40 heavy (non-hydrogen) atoms. The normalized spacial score (nSPS) is 22.9. The second kappa shape index (κ2) is 11.5. The first-order valence-electron chi connectivity index (χ1n) is 13.5. The zero-order valence-corrected chi connectivity index (χ0v) is 22.7. The van der Waals surface area contributed by atoms with Crippen molar-refractivity contribution in [3.63, 3.8) is 0 Å². The number of benzene rings is 4. The lowest BCUT2D eigenvalue weighted by molar-refractivity contribution is -0.113. The highest BCUT2D eigenvalue weighted by Crippen LogP contribution is 2.43.